The first kappa shape index (κ1) is 12.0. The molecule has 0 spiro atoms. The van der Waals surface area contributed by atoms with E-state index in [1.807, 2.05) is 0 Å². The number of nitro benzene ring substituents is 1. The number of nitrogens with two attached hydrogens (primary N) is 1. The van der Waals surface area contributed by atoms with Crippen molar-refractivity contribution in [1.29, 1.82) is 0 Å². The Hall–Kier alpha value is -2.51. The predicted octanol–water partition coefficient (Wildman–Crippen LogP) is 0.865. The lowest BCUT2D eigenvalue weighted by Gasteiger charge is -2.12. The van der Waals surface area contributed by atoms with Crippen LogP contribution in [0.25, 0.3) is 0 Å². The van der Waals surface area contributed by atoms with Crippen LogP contribution in [0.1, 0.15) is 15.9 Å². The second kappa shape index (κ2) is 4.06. The molecule has 0 saturated heterocycles. The summed E-state index contributed by atoms with van der Waals surface area (Å²) in [5.41, 5.74) is 5.50. The van der Waals surface area contributed by atoms with Gasteiger partial charge in [0, 0.05) is 5.56 Å². The highest BCUT2D eigenvalue weighted by Gasteiger charge is 2.39. The van der Waals surface area contributed by atoms with Crippen molar-refractivity contribution in [3.05, 3.63) is 21.2 Å². The molecule has 0 saturated carbocycles. The van der Waals surface area contributed by atoms with E-state index in [4.69, 9.17) is 19.9 Å². The summed E-state index contributed by atoms with van der Waals surface area (Å²) in [4.78, 5) is 21.9. The molecule has 0 aliphatic carbocycles. The van der Waals surface area contributed by atoms with Crippen LogP contribution in [-0.4, -0.2) is 25.1 Å². The van der Waals surface area contributed by atoms with Crippen molar-refractivity contribution in [3.8, 4) is 11.5 Å². The molecule has 0 atom stereocenters. The van der Waals surface area contributed by atoms with Gasteiger partial charge in [0.25, 0.3) is 0 Å². The normalized spacial score (nSPS) is 12.9. The van der Waals surface area contributed by atoms with Crippen LogP contribution in [-0.2, 0) is 11.3 Å². The minimum Gasteiger partial charge on any atom is -0.491 e. The molecule has 1 heterocycles. The Labute approximate surface area is 101 Å². The molecule has 1 aromatic carbocycles. The van der Waals surface area contributed by atoms with Gasteiger partial charge in [-0.05, 0) is 0 Å². The smallest absolute Gasteiger partial charge is 0.346 e. The second-order valence-corrected chi connectivity index (χ2v) is 3.52. The molecule has 2 rings (SSSR count). The fraction of sp³-hybridized carbons (Fsp3) is 0.300. The molecule has 0 radical (unpaired) electrons. The highest BCUT2D eigenvalue weighted by molar-refractivity contribution is 6.02. The van der Waals surface area contributed by atoms with E-state index in [-0.39, 0.29) is 34.9 Å². The van der Waals surface area contributed by atoms with E-state index in [0.29, 0.717) is 0 Å². The van der Waals surface area contributed by atoms with Crippen LogP contribution in [0.3, 0.4) is 0 Å². The van der Waals surface area contributed by atoms with Crippen molar-refractivity contribution in [1.82, 2.24) is 0 Å². The summed E-state index contributed by atoms with van der Waals surface area (Å²) >= 11 is 0. The molecule has 8 nitrogen and oxygen atoms in total. The van der Waals surface area contributed by atoms with Gasteiger partial charge < -0.3 is 19.9 Å². The van der Waals surface area contributed by atoms with Gasteiger partial charge in [-0.2, -0.15) is 0 Å². The fourth-order valence-electron chi connectivity index (χ4n) is 1.90. The predicted molar refractivity (Wildman–Crippen MR) is 59.7 cm³/mol. The maximum Gasteiger partial charge on any atom is 0.346 e. The minimum absolute atomic E-state index is 0.0289. The number of methoxy groups -OCH3 is 2. The zero-order valence-corrected chi connectivity index (χ0v) is 9.68. The van der Waals surface area contributed by atoms with Gasteiger partial charge in [0.1, 0.15) is 6.61 Å². The maximum absolute atomic E-state index is 11.5. The first-order chi connectivity index (χ1) is 8.52. The molecule has 0 bridgehead atoms. The Kier molecular flexibility index (Phi) is 2.70. The van der Waals surface area contributed by atoms with Gasteiger partial charge in [-0.1, -0.05) is 0 Å². The molecule has 0 amide bonds. The van der Waals surface area contributed by atoms with Crippen LogP contribution in [0.15, 0.2) is 0 Å². The number of esters is 1. The summed E-state index contributed by atoms with van der Waals surface area (Å²) in [7, 11) is 2.54. The molecule has 0 fully saturated rings. The van der Waals surface area contributed by atoms with Gasteiger partial charge in [-0.25, -0.2) is 4.79 Å². The Bertz CT molecular complexity index is 554. The molecular formula is C10H10N2O6. The third kappa shape index (κ3) is 1.42. The largest absolute Gasteiger partial charge is 0.491 e. The number of carbonyl (C=O) groups is 1. The van der Waals surface area contributed by atoms with Crippen molar-refractivity contribution < 1.29 is 23.9 Å². The average molecular weight is 254 g/mol. The Morgan fingerprint density at radius 3 is 2.44 bits per heavy atom. The summed E-state index contributed by atoms with van der Waals surface area (Å²) in [5, 5.41) is 11.1. The summed E-state index contributed by atoms with van der Waals surface area (Å²) in [6, 6.07) is 0. The van der Waals surface area contributed by atoms with Crippen molar-refractivity contribution in [2.24, 2.45) is 0 Å². The fourth-order valence-corrected chi connectivity index (χ4v) is 1.90. The van der Waals surface area contributed by atoms with Gasteiger partial charge in [0.2, 0.25) is 5.75 Å². The number of carbonyl (C=O) groups excluding carboxylic acids is 1. The lowest BCUT2D eigenvalue weighted by molar-refractivity contribution is -0.386. The number of nitrogens with zero attached hydrogens (tertiary/aromatic N) is 1. The van der Waals surface area contributed by atoms with Crippen LogP contribution in [0.5, 0.6) is 11.5 Å². The van der Waals surface area contributed by atoms with E-state index >= 15 is 0 Å². The molecule has 18 heavy (non-hydrogen) atoms. The van der Waals surface area contributed by atoms with Crippen molar-refractivity contribution in [2.75, 3.05) is 20.0 Å². The van der Waals surface area contributed by atoms with Crippen molar-refractivity contribution in [2.45, 2.75) is 6.61 Å². The SMILES string of the molecule is COc1c(N)c2c(c([N+](=O)[O-])c1OC)C(=O)OC2. The first-order valence-corrected chi connectivity index (χ1v) is 4.90. The standard InChI is InChI=1S/C10H10N2O6/c1-16-8-6(11)4-3-18-10(13)5(4)7(12(14)15)9(8)17-2/h3,11H2,1-2H3. The second-order valence-electron chi connectivity index (χ2n) is 3.52. The molecule has 1 aliphatic heterocycles. The Morgan fingerprint density at radius 1 is 1.33 bits per heavy atom. The maximum atomic E-state index is 11.5. The van der Waals surface area contributed by atoms with Crippen LogP contribution in [0.4, 0.5) is 11.4 Å². The molecule has 1 aromatic rings. The first-order valence-electron chi connectivity index (χ1n) is 4.90. The Morgan fingerprint density at radius 2 is 1.94 bits per heavy atom. The number of nitrogen functional groups attached to an aromatic ring is 1. The molecule has 1 aliphatic rings. The number of anilines is 1. The highest BCUT2D eigenvalue weighted by Crippen LogP contribution is 2.48. The number of fused-ring (bicyclic) bond motifs is 1. The van der Waals surface area contributed by atoms with Crippen LogP contribution in [0, 0.1) is 10.1 Å². The van der Waals surface area contributed by atoms with E-state index < -0.39 is 16.6 Å². The van der Waals surface area contributed by atoms with Crippen molar-refractivity contribution >= 4 is 17.3 Å². The van der Waals surface area contributed by atoms with Crippen LogP contribution in [0.2, 0.25) is 0 Å². The zero-order chi connectivity index (χ0) is 13.4. The topological polar surface area (TPSA) is 114 Å². The summed E-state index contributed by atoms with van der Waals surface area (Å²) in [5.74, 6) is -0.941. The highest BCUT2D eigenvalue weighted by atomic mass is 16.6. The van der Waals surface area contributed by atoms with Gasteiger partial charge in [-0.15, -0.1) is 0 Å². The van der Waals surface area contributed by atoms with E-state index in [2.05, 4.69) is 0 Å². The van der Waals surface area contributed by atoms with Gasteiger partial charge >= 0.3 is 11.7 Å². The van der Waals surface area contributed by atoms with E-state index in [0.717, 1.165) is 0 Å². The average Bonchev–Trinajstić information content (AvgIpc) is 2.71. The van der Waals surface area contributed by atoms with E-state index in [1.54, 1.807) is 0 Å². The van der Waals surface area contributed by atoms with E-state index in [9.17, 15) is 14.9 Å². The zero-order valence-electron chi connectivity index (χ0n) is 9.68. The molecule has 0 unspecified atom stereocenters. The van der Waals surface area contributed by atoms with Gasteiger partial charge in [-0.3, -0.25) is 10.1 Å². The molecule has 96 valence electrons. The lowest BCUT2D eigenvalue weighted by Crippen LogP contribution is -2.07. The number of nitro groups is 1. The number of benzene rings is 1. The number of hydrogen-bond acceptors (Lipinski definition) is 7. The monoisotopic (exact) mass is 254 g/mol. The number of hydrogen-bond donors (Lipinski definition) is 1. The van der Waals surface area contributed by atoms with Crippen molar-refractivity contribution in [3.63, 3.8) is 0 Å². The van der Waals surface area contributed by atoms with Crippen LogP contribution >= 0.6 is 0 Å². The summed E-state index contributed by atoms with van der Waals surface area (Å²) in [6.45, 7) is -0.110. The van der Waals surface area contributed by atoms with Gasteiger partial charge in [0.15, 0.2) is 11.3 Å². The lowest BCUT2D eigenvalue weighted by atomic mass is 10.0. The number of cyclic esters (lactones) is 1. The van der Waals surface area contributed by atoms with Gasteiger partial charge in [0.05, 0.1) is 24.8 Å². The quantitative estimate of drug-likeness (QED) is 0.368. The summed E-state index contributed by atoms with van der Waals surface area (Å²) < 4.78 is 14.7. The molecular weight excluding hydrogens is 244 g/mol. The number of rotatable bonds is 3. The third-order valence-corrected chi connectivity index (χ3v) is 2.67. The number of ether oxygens (including phenoxy) is 3. The molecule has 8 heteroatoms. The van der Waals surface area contributed by atoms with E-state index in [1.165, 1.54) is 14.2 Å². The summed E-state index contributed by atoms with van der Waals surface area (Å²) in [6.07, 6.45) is 0. The van der Waals surface area contributed by atoms with Crippen LogP contribution < -0.4 is 15.2 Å². The Balaban J connectivity index is 2.89. The molecule has 0 aromatic heterocycles. The minimum atomic E-state index is -0.788. The molecule has 2 N–H and O–H groups in total. The third-order valence-electron chi connectivity index (χ3n) is 2.67.